The van der Waals surface area contributed by atoms with Crippen molar-refractivity contribution < 1.29 is 11.0 Å². The second-order valence-corrected chi connectivity index (χ2v) is 0. The average Bonchev–Trinajstić information content (AvgIpc) is 1.00. The summed E-state index contributed by atoms with van der Waals surface area (Å²) in [5, 5.41) is 0. The van der Waals surface area contributed by atoms with Crippen molar-refractivity contribution >= 4 is 0 Å². The van der Waals surface area contributed by atoms with E-state index in [1.165, 1.54) is 0 Å². The molecule has 0 saturated heterocycles. The van der Waals surface area contributed by atoms with Crippen molar-refractivity contribution in [3.63, 3.8) is 0 Å². The quantitative estimate of drug-likeness (QED) is 0.367. The van der Waals surface area contributed by atoms with Gasteiger partial charge in [0.25, 0.3) is 0 Å². The minimum absolute atomic E-state index is 0. The first-order valence-corrected chi connectivity index (χ1v) is 0.167. The van der Waals surface area contributed by atoms with E-state index in [1.54, 1.807) is 0 Å². The highest BCUT2D eigenvalue weighted by Gasteiger charge is 0.707. The molecule has 36 valence electrons. The molecule has 0 atom stereocenters. The molecule has 0 fully saturated rings. The highest BCUT2D eigenvalue weighted by atomic mass is 16.7. The maximum atomic E-state index is 7.00. The predicted octanol–water partition coefficient (Wildman–Crippen LogP) is -1.30. The molecule has 0 aromatic carbocycles. The van der Waals surface area contributed by atoms with Gasteiger partial charge >= 0.3 is 0 Å². The molecule has 0 amide bonds. The van der Waals surface area contributed by atoms with E-state index in [4.69, 9.17) is 9.93 Å². The molecule has 5 heteroatoms. The van der Waals surface area contributed by atoms with E-state index in [2.05, 4.69) is 0 Å². The third-order valence-corrected chi connectivity index (χ3v) is 0. The largest absolute Gasteiger partial charge is 0.457 e. The zero-order valence-corrected chi connectivity index (χ0v) is 2.89. The van der Waals surface area contributed by atoms with Gasteiger partial charge in [-0.25, -0.2) is 0 Å². The smallest absolute Gasteiger partial charge is 0 e. The lowest BCUT2D eigenvalue weighted by Crippen LogP contribution is -0.674. The van der Waals surface area contributed by atoms with E-state index in [0.29, 0.717) is 0 Å². The highest BCUT2D eigenvalue weighted by molar-refractivity contribution is 4.07. The topological polar surface area (TPSA) is 135 Å². The Hall–Kier alpha value is -0.520. The zero-order chi connectivity index (χ0) is 2.00. The van der Waals surface area contributed by atoms with Crippen LogP contribution >= 0.6 is 0 Å². The number of rotatable bonds is 0. The van der Waals surface area contributed by atoms with Crippen LogP contribution in [-0.2, 0) is 5.48 Å². The van der Waals surface area contributed by atoms with E-state index >= 15 is 0 Å². The van der Waals surface area contributed by atoms with Crippen LogP contribution in [0.2, 0.25) is 0 Å². The highest BCUT2D eigenvalue weighted by Crippen LogP contribution is 0.741. The summed E-state index contributed by atoms with van der Waals surface area (Å²) in [5.74, 6) is 0. The molecule has 0 radical (unpaired) electrons. The van der Waals surface area contributed by atoms with Gasteiger partial charge in [0.1, 0.15) is 0 Å². The van der Waals surface area contributed by atoms with E-state index in [0.717, 1.165) is 0 Å². The number of quaternary nitrogens is 1. The van der Waals surface area contributed by atoms with Crippen LogP contribution in [0.5, 0.6) is 0 Å². The molecule has 0 bridgehead atoms. The summed E-state index contributed by atoms with van der Waals surface area (Å²) in [6, 6.07) is 0. The van der Waals surface area contributed by atoms with Gasteiger partial charge in [-0.1, -0.05) is 0 Å². The molecule has 0 heterocycles. The normalized spacial score (nSPS) is 0.800. The Morgan fingerprint density at radius 1 is 1.00 bits per heavy atom. The molecule has 0 aliphatic rings. The Kier molecular flexibility index (Phi) is 3730. The molecule has 5 nitrogen and oxygen atoms in total. The fraction of sp³-hybridized carbons (Fsp3) is 0. The average molecular weight is 87.1 g/mol. The van der Waals surface area contributed by atoms with Crippen molar-refractivity contribution in [2.45, 2.75) is 0 Å². The van der Waals surface area contributed by atoms with Crippen LogP contribution in [0.4, 0.5) is 0 Å². The van der Waals surface area contributed by atoms with Crippen molar-refractivity contribution in [2.75, 3.05) is 0 Å². The molecule has 0 spiro atoms. The summed E-state index contributed by atoms with van der Waals surface area (Å²) in [5.41, 5.74) is 0. The minimum atomic E-state index is 0. The Bertz CT molecular complexity index is 3.61. The summed E-state index contributed by atoms with van der Waals surface area (Å²) in [6.07, 6.45) is 0. The SMILES string of the molecule is O.O=O.[NH4+].[OH3+]. The van der Waals surface area contributed by atoms with Crippen molar-refractivity contribution in [1.29, 1.82) is 0 Å². The van der Waals surface area contributed by atoms with Gasteiger partial charge in [-0.15, -0.1) is 0 Å². The first-order chi connectivity index (χ1) is 1.00. The van der Waals surface area contributed by atoms with Crippen LogP contribution in [-0.4, -0.2) is 5.48 Å². The predicted molar refractivity (Wildman–Crippen MR) is 21.2 cm³/mol. The van der Waals surface area contributed by atoms with Gasteiger partial charge in [0.2, 0.25) is 0 Å². The molecule has 0 aliphatic heterocycles. The number of hydrogen-bond donors (Lipinski definition) is 1. The lowest BCUT2D eigenvalue weighted by Gasteiger charge is -0.707. The van der Waals surface area contributed by atoms with Gasteiger partial charge < -0.3 is 17.1 Å². The molecule has 0 rings (SSSR count). The van der Waals surface area contributed by atoms with Gasteiger partial charge in [-0.05, 0) is 0 Å². The summed E-state index contributed by atoms with van der Waals surface area (Å²) in [4.78, 5) is 14.0. The molecule has 9 N–H and O–H groups in total. The Morgan fingerprint density at radius 2 is 1.00 bits per heavy atom. The van der Waals surface area contributed by atoms with Crippen LogP contribution in [0.25, 0.3) is 0 Å². The third kappa shape index (κ3) is 28.2. The Balaban J connectivity index is -0.00000000167. The third-order valence-electron chi connectivity index (χ3n) is 0. The van der Waals surface area contributed by atoms with Crippen LogP contribution in [0, 0.1) is 9.93 Å². The summed E-state index contributed by atoms with van der Waals surface area (Å²) in [6.45, 7) is 0. The molecular formula is H9NO4+2. The summed E-state index contributed by atoms with van der Waals surface area (Å²) >= 11 is 0. The standard InChI is InChI=1S/H3N.O2.2H2O/c;1-2;;/h1H3;;2*1H2/p+2. The van der Waals surface area contributed by atoms with Crippen molar-refractivity contribution in [1.82, 2.24) is 6.15 Å². The lowest BCUT2D eigenvalue weighted by atomic mass is 14.0. The van der Waals surface area contributed by atoms with Crippen molar-refractivity contribution in [3.8, 4) is 0 Å². The van der Waals surface area contributed by atoms with Crippen LogP contribution in [0.3, 0.4) is 0 Å². The van der Waals surface area contributed by atoms with Gasteiger partial charge in [0.15, 0.2) is 0 Å². The second-order valence-electron chi connectivity index (χ2n) is 0. The zero-order valence-electron chi connectivity index (χ0n) is 2.89. The maximum absolute atomic E-state index is 7.00. The molecule has 5 heavy (non-hydrogen) atoms. The molecule has 0 unspecified atom stereocenters. The fourth-order valence-corrected chi connectivity index (χ4v) is 0. The second kappa shape index (κ2) is 79.2. The van der Waals surface area contributed by atoms with E-state index in [1.807, 2.05) is 0 Å². The lowest BCUT2D eigenvalue weighted by molar-refractivity contribution is 0.686. The minimum Gasteiger partial charge on any atom is -0.457 e. The van der Waals surface area contributed by atoms with Gasteiger partial charge in [0.05, 0.1) is 0 Å². The van der Waals surface area contributed by atoms with Crippen molar-refractivity contribution in [3.05, 3.63) is 9.93 Å². The molecular weight excluding hydrogens is 78.0 g/mol. The first kappa shape index (κ1) is 235. The van der Waals surface area contributed by atoms with E-state index in [-0.39, 0.29) is 17.1 Å². The Morgan fingerprint density at radius 3 is 1.00 bits per heavy atom. The molecule has 0 aliphatic carbocycles. The first-order valence-electron chi connectivity index (χ1n) is 0.167. The van der Waals surface area contributed by atoms with E-state index in [9.17, 15) is 0 Å². The summed E-state index contributed by atoms with van der Waals surface area (Å²) < 4.78 is 0. The Labute approximate surface area is 28.4 Å². The molecule has 0 aromatic rings. The number of hydrogen-bond acceptors (Lipinski definition) is 2. The van der Waals surface area contributed by atoms with Gasteiger partial charge in [-0.3, -0.25) is 0 Å². The van der Waals surface area contributed by atoms with Crippen molar-refractivity contribution in [2.24, 2.45) is 0 Å². The summed E-state index contributed by atoms with van der Waals surface area (Å²) in [7, 11) is 0. The maximum Gasteiger partial charge on any atom is 0 e. The molecule has 0 saturated carbocycles. The fourth-order valence-electron chi connectivity index (χ4n) is 0. The van der Waals surface area contributed by atoms with E-state index < -0.39 is 0 Å². The van der Waals surface area contributed by atoms with Crippen LogP contribution in [0.1, 0.15) is 0 Å². The monoisotopic (exact) mass is 87.1 g/mol. The van der Waals surface area contributed by atoms with Crippen LogP contribution in [0.15, 0.2) is 0 Å². The van der Waals surface area contributed by atoms with Crippen LogP contribution < -0.4 is 6.15 Å². The van der Waals surface area contributed by atoms with Gasteiger partial charge in [-0.2, -0.15) is 0 Å². The molecule has 0 aromatic heterocycles. The van der Waals surface area contributed by atoms with Gasteiger partial charge in [0, 0.05) is 9.93 Å².